The second-order valence-electron chi connectivity index (χ2n) is 3.89. The van der Waals surface area contributed by atoms with Crippen LogP contribution in [0.5, 0.6) is 0 Å². The van der Waals surface area contributed by atoms with Crippen LogP contribution in [0.3, 0.4) is 0 Å². The zero-order valence-corrected chi connectivity index (χ0v) is 11.2. The van der Waals surface area contributed by atoms with Crippen LogP contribution in [0, 0.1) is 0 Å². The molecular weight excluding hydrogens is 300 g/mol. The van der Waals surface area contributed by atoms with Crippen molar-refractivity contribution in [2.24, 2.45) is 0 Å². The predicted molar refractivity (Wildman–Crippen MR) is 70.7 cm³/mol. The first-order valence-electron chi connectivity index (χ1n) is 5.44. The van der Waals surface area contributed by atoms with Crippen LogP contribution in [0.2, 0.25) is 0 Å². The largest absolute Gasteiger partial charge is 0.480 e. The molecule has 0 aliphatic heterocycles. The van der Waals surface area contributed by atoms with Crippen molar-refractivity contribution < 1.29 is 9.90 Å². The molecule has 0 spiro atoms. The van der Waals surface area contributed by atoms with Gasteiger partial charge in [0, 0.05) is 9.86 Å². The first kappa shape index (κ1) is 12.8. The summed E-state index contributed by atoms with van der Waals surface area (Å²) in [6.07, 6.45) is 1.82. The van der Waals surface area contributed by atoms with E-state index in [2.05, 4.69) is 21.0 Å². The molecule has 1 atom stereocenters. The summed E-state index contributed by atoms with van der Waals surface area (Å²) in [5.74, 6) is -1.05. The highest BCUT2D eigenvalue weighted by Gasteiger charge is 2.20. The van der Waals surface area contributed by atoms with E-state index in [1.54, 1.807) is 19.1 Å². The average Bonchev–Trinajstić information content (AvgIpc) is 2.33. The third kappa shape index (κ3) is 2.15. The summed E-state index contributed by atoms with van der Waals surface area (Å²) >= 11 is 3.29. The summed E-state index contributed by atoms with van der Waals surface area (Å²) in [5, 5.41) is 14.2. The van der Waals surface area contributed by atoms with E-state index >= 15 is 0 Å². The Kier molecular flexibility index (Phi) is 3.47. The van der Waals surface area contributed by atoms with Crippen LogP contribution in [0.1, 0.15) is 19.4 Å². The van der Waals surface area contributed by atoms with Crippen molar-refractivity contribution in [1.29, 1.82) is 0 Å². The second kappa shape index (κ2) is 4.89. The molecule has 6 heteroatoms. The minimum Gasteiger partial charge on any atom is -0.480 e. The van der Waals surface area contributed by atoms with Gasteiger partial charge in [-0.1, -0.05) is 28.9 Å². The number of halogens is 1. The van der Waals surface area contributed by atoms with Crippen LogP contribution in [-0.2, 0) is 4.79 Å². The summed E-state index contributed by atoms with van der Waals surface area (Å²) in [6.45, 7) is 1.71. The lowest BCUT2D eigenvalue weighted by molar-refractivity contribution is -0.141. The second-order valence-corrected chi connectivity index (χ2v) is 4.80. The molecule has 0 aliphatic rings. The zero-order chi connectivity index (χ0) is 13.3. The van der Waals surface area contributed by atoms with E-state index in [1.807, 2.05) is 6.07 Å². The van der Waals surface area contributed by atoms with Crippen LogP contribution in [-0.4, -0.2) is 20.9 Å². The van der Waals surface area contributed by atoms with Gasteiger partial charge in [0.2, 0.25) is 0 Å². The van der Waals surface area contributed by atoms with Gasteiger partial charge in [-0.25, -0.2) is 9.48 Å². The van der Waals surface area contributed by atoms with Gasteiger partial charge in [-0.3, -0.25) is 4.79 Å². The van der Waals surface area contributed by atoms with Crippen LogP contribution in [0.15, 0.2) is 33.7 Å². The van der Waals surface area contributed by atoms with Crippen molar-refractivity contribution in [2.45, 2.75) is 19.4 Å². The maximum Gasteiger partial charge on any atom is 0.328 e. The first-order chi connectivity index (χ1) is 8.54. The van der Waals surface area contributed by atoms with E-state index in [-0.39, 0.29) is 5.56 Å². The highest BCUT2D eigenvalue weighted by molar-refractivity contribution is 9.10. The van der Waals surface area contributed by atoms with Crippen molar-refractivity contribution in [2.75, 3.05) is 0 Å². The predicted octanol–water partition coefficient (Wildman–Crippen LogP) is 2.19. The van der Waals surface area contributed by atoms with Crippen molar-refractivity contribution in [3.05, 3.63) is 39.2 Å². The van der Waals surface area contributed by atoms with Gasteiger partial charge < -0.3 is 5.11 Å². The molecule has 0 radical (unpaired) electrons. The molecule has 0 unspecified atom stereocenters. The Morgan fingerprint density at radius 2 is 2.28 bits per heavy atom. The Morgan fingerprint density at radius 1 is 1.56 bits per heavy atom. The molecule has 0 aliphatic carbocycles. The molecule has 0 fully saturated rings. The molecule has 0 saturated carbocycles. The number of hydrogen-bond donors (Lipinski definition) is 1. The summed E-state index contributed by atoms with van der Waals surface area (Å²) in [6, 6.07) is 4.31. The molecule has 2 aromatic rings. The minimum atomic E-state index is -1.05. The number of rotatable bonds is 3. The molecule has 1 aromatic carbocycles. The average molecular weight is 311 g/mol. The van der Waals surface area contributed by atoms with Crippen molar-refractivity contribution >= 4 is 32.7 Å². The summed E-state index contributed by atoms with van der Waals surface area (Å²) in [5.41, 5.74) is -0.386. The number of aromatic nitrogens is 2. The molecular formula is C12H11BrN2O3. The first-order valence-corrected chi connectivity index (χ1v) is 6.23. The summed E-state index contributed by atoms with van der Waals surface area (Å²) in [7, 11) is 0. The number of carbonyl (C=O) groups is 1. The van der Waals surface area contributed by atoms with Crippen LogP contribution in [0.25, 0.3) is 10.8 Å². The molecule has 2 rings (SSSR count). The van der Waals surface area contributed by atoms with Crippen LogP contribution in [0.4, 0.5) is 0 Å². The number of nitrogens with zero attached hydrogens (tertiary/aromatic N) is 2. The quantitative estimate of drug-likeness (QED) is 0.943. The van der Waals surface area contributed by atoms with Gasteiger partial charge >= 0.3 is 5.97 Å². The molecule has 94 valence electrons. The molecule has 1 N–H and O–H groups in total. The lowest BCUT2D eigenvalue weighted by Gasteiger charge is -2.12. The van der Waals surface area contributed by atoms with Crippen LogP contribution < -0.4 is 5.56 Å². The van der Waals surface area contributed by atoms with Crippen LogP contribution >= 0.6 is 15.9 Å². The highest BCUT2D eigenvalue weighted by Crippen LogP contribution is 2.17. The number of carboxylic acids is 1. The molecule has 5 nitrogen and oxygen atoms in total. The zero-order valence-electron chi connectivity index (χ0n) is 9.63. The summed E-state index contributed by atoms with van der Waals surface area (Å²) < 4.78 is 1.80. The van der Waals surface area contributed by atoms with E-state index in [0.29, 0.717) is 17.2 Å². The van der Waals surface area contributed by atoms with Gasteiger partial charge in [0.1, 0.15) is 0 Å². The normalized spacial score (nSPS) is 12.6. The van der Waals surface area contributed by atoms with E-state index < -0.39 is 12.0 Å². The molecule has 0 amide bonds. The van der Waals surface area contributed by atoms with E-state index in [0.717, 1.165) is 9.15 Å². The molecule has 0 bridgehead atoms. The fourth-order valence-electron chi connectivity index (χ4n) is 1.80. The van der Waals surface area contributed by atoms with Gasteiger partial charge in [0.25, 0.3) is 5.56 Å². The van der Waals surface area contributed by atoms with E-state index in [1.165, 1.54) is 6.20 Å². The third-order valence-electron chi connectivity index (χ3n) is 2.74. The Hall–Kier alpha value is -1.69. The minimum absolute atomic E-state index is 0.307. The van der Waals surface area contributed by atoms with Gasteiger partial charge in [-0.2, -0.15) is 5.10 Å². The monoisotopic (exact) mass is 310 g/mol. The smallest absolute Gasteiger partial charge is 0.328 e. The van der Waals surface area contributed by atoms with Crippen molar-refractivity contribution in [1.82, 2.24) is 9.78 Å². The topological polar surface area (TPSA) is 72.2 Å². The number of benzene rings is 1. The lowest BCUT2D eigenvalue weighted by Crippen LogP contribution is -2.31. The SMILES string of the molecule is CC[C@@H](C(=O)O)n1ncc2ccc(Br)cc2c1=O. The number of fused-ring (bicyclic) bond motifs is 1. The van der Waals surface area contributed by atoms with E-state index in [4.69, 9.17) is 5.11 Å². The third-order valence-corrected chi connectivity index (χ3v) is 3.24. The number of aliphatic carboxylic acids is 1. The Labute approximate surface area is 111 Å². The maximum absolute atomic E-state index is 12.2. The molecule has 0 saturated heterocycles. The van der Waals surface area contributed by atoms with Crippen molar-refractivity contribution in [3.63, 3.8) is 0 Å². The van der Waals surface area contributed by atoms with Crippen molar-refractivity contribution in [3.8, 4) is 0 Å². The summed E-state index contributed by atoms with van der Waals surface area (Å²) in [4.78, 5) is 23.3. The standard InChI is InChI=1S/C12H11BrN2O3/c1-2-10(12(17)18)15-11(16)9-5-8(13)4-3-7(9)6-14-15/h3-6,10H,2H2,1H3,(H,17,18)/t10-/m0/s1. The number of carboxylic acid groups (broad SMARTS) is 1. The maximum atomic E-state index is 12.2. The fourth-order valence-corrected chi connectivity index (χ4v) is 2.16. The highest BCUT2D eigenvalue weighted by atomic mass is 79.9. The molecule has 1 aromatic heterocycles. The van der Waals surface area contributed by atoms with E-state index in [9.17, 15) is 9.59 Å². The Morgan fingerprint density at radius 3 is 2.89 bits per heavy atom. The van der Waals surface area contributed by atoms with Gasteiger partial charge in [0.15, 0.2) is 6.04 Å². The Balaban J connectivity index is 2.71. The Bertz CT molecular complexity index is 666. The molecule has 1 heterocycles. The number of hydrogen-bond acceptors (Lipinski definition) is 3. The van der Waals surface area contributed by atoms with Gasteiger partial charge in [0.05, 0.1) is 11.6 Å². The van der Waals surface area contributed by atoms with Gasteiger partial charge in [-0.05, 0) is 18.6 Å². The fraction of sp³-hybridized carbons (Fsp3) is 0.250. The molecule has 18 heavy (non-hydrogen) atoms. The van der Waals surface area contributed by atoms with Gasteiger partial charge in [-0.15, -0.1) is 0 Å². The lowest BCUT2D eigenvalue weighted by atomic mass is 10.2.